The number of aromatic nitrogens is 3. The number of hydrogen-bond acceptors (Lipinski definition) is 4. The molecule has 2 heterocycles. The molecule has 0 aliphatic carbocycles. The number of benzene rings is 1. The van der Waals surface area contributed by atoms with E-state index < -0.39 is 0 Å². The lowest BCUT2D eigenvalue weighted by atomic mass is 10.2. The lowest BCUT2D eigenvalue weighted by Crippen LogP contribution is -2.01. The van der Waals surface area contributed by atoms with Crippen molar-refractivity contribution in [3.63, 3.8) is 0 Å². The number of halogens is 1. The van der Waals surface area contributed by atoms with Crippen LogP contribution in [-0.4, -0.2) is 14.5 Å². The molecule has 0 unspecified atom stereocenters. The summed E-state index contributed by atoms with van der Waals surface area (Å²) in [7, 11) is 0. The molecule has 0 radical (unpaired) electrons. The number of anilines is 1. The fourth-order valence-electron chi connectivity index (χ4n) is 2.63. The lowest BCUT2D eigenvalue weighted by molar-refractivity contribution is 0.628. The quantitative estimate of drug-likeness (QED) is 0.584. The van der Waals surface area contributed by atoms with Crippen molar-refractivity contribution in [2.24, 2.45) is 0 Å². The van der Waals surface area contributed by atoms with Crippen molar-refractivity contribution < 1.29 is 4.39 Å². The van der Waals surface area contributed by atoms with Crippen LogP contribution in [0, 0.1) is 5.82 Å². The van der Waals surface area contributed by atoms with E-state index in [1.54, 1.807) is 24.4 Å². The SMILES string of the molecule is C=Cc1ncn(CCC)c1/C=C(\C)Nc1ncc(-c2ccc(F)cc2)s1. The summed E-state index contributed by atoms with van der Waals surface area (Å²) in [6.45, 7) is 8.88. The van der Waals surface area contributed by atoms with Crippen LogP contribution in [0.15, 0.2) is 49.1 Å². The molecule has 0 spiro atoms. The topological polar surface area (TPSA) is 42.7 Å². The molecule has 1 aromatic carbocycles. The molecule has 0 bridgehead atoms. The number of allylic oxidation sites excluding steroid dienone is 1. The van der Waals surface area contributed by atoms with Crippen LogP contribution in [0.25, 0.3) is 22.6 Å². The Bertz CT molecular complexity index is 922. The zero-order valence-corrected chi connectivity index (χ0v) is 15.7. The van der Waals surface area contributed by atoms with Gasteiger partial charge in [0.25, 0.3) is 0 Å². The van der Waals surface area contributed by atoms with Crippen LogP contribution in [0.2, 0.25) is 0 Å². The predicted molar refractivity (Wildman–Crippen MR) is 107 cm³/mol. The van der Waals surface area contributed by atoms with Gasteiger partial charge in [0, 0.05) is 18.4 Å². The Kier molecular flexibility index (Phi) is 5.63. The zero-order chi connectivity index (χ0) is 18.5. The summed E-state index contributed by atoms with van der Waals surface area (Å²) < 4.78 is 15.2. The maximum absolute atomic E-state index is 13.1. The first kappa shape index (κ1) is 18.1. The third-order valence-electron chi connectivity index (χ3n) is 3.86. The molecule has 134 valence electrons. The molecule has 0 atom stereocenters. The van der Waals surface area contributed by atoms with E-state index in [2.05, 4.69) is 39.4 Å². The van der Waals surface area contributed by atoms with Gasteiger partial charge in [0.2, 0.25) is 0 Å². The molecule has 0 amide bonds. The smallest absolute Gasteiger partial charge is 0.187 e. The summed E-state index contributed by atoms with van der Waals surface area (Å²) in [5.41, 5.74) is 3.81. The van der Waals surface area contributed by atoms with Crippen LogP contribution in [0.5, 0.6) is 0 Å². The molecular weight excluding hydrogens is 347 g/mol. The molecule has 0 aliphatic heterocycles. The average molecular weight is 368 g/mol. The Morgan fingerprint density at radius 3 is 2.77 bits per heavy atom. The van der Waals surface area contributed by atoms with E-state index in [1.807, 2.05) is 13.3 Å². The van der Waals surface area contributed by atoms with E-state index in [1.165, 1.54) is 23.5 Å². The van der Waals surface area contributed by atoms with Crippen molar-refractivity contribution in [1.82, 2.24) is 14.5 Å². The highest BCUT2D eigenvalue weighted by Crippen LogP contribution is 2.30. The van der Waals surface area contributed by atoms with Crippen LogP contribution in [-0.2, 0) is 6.54 Å². The number of nitrogens with one attached hydrogen (secondary N) is 1. The fraction of sp³-hybridized carbons (Fsp3) is 0.200. The van der Waals surface area contributed by atoms with E-state index in [0.29, 0.717) is 0 Å². The third-order valence-corrected chi connectivity index (χ3v) is 4.82. The maximum atomic E-state index is 13.1. The Morgan fingerprint density at radius 2 is 2.08 bits per heavy atom. The minimum atomic E-state index is -0.239. The van der Waals surface area contributed by atoms with Crippen molar-refractivity contribution in [1.29, 1.82) is 0 Å². The Balaban J connectivity index is 1.79. The second kappa shape index (κ2) is 8.10. The summed E-state index contributed by atoms with van der Waals surface area (Å²) in [5, 5.41) is 4.11. The van der Waals surface area contributed by atoms with Gasteiger partial charge in [-0.1, -0.05) is 37.0 Å². The number of nitrogens with zero attached hydrogens (tertiary/aromatic N) is 3. The monoisotopic (exact) mass is 368 g/mol. The lowest BCUT2D eigenvalue weighted by Gasteiger charge is -2.07. The van der Waals surface area contributed by atoms with Crippen LogP contribution in [0.1, 0.15) is 31.7 Å². The molecule has 2 aromatic heterocycles. The molecule has 26 heavy (non-hydrogen) atoms. The highest BCUT2D eigenvalue weighted by Gasteiger charge is 2.08. The molecule has 1 N–H and O–H groups in total. The highest BCUT2D eigenvalue weighted by atomic mass is 32.1. The van der Waals surface area contributed by atoms with E-state index in [4.69, 9.17) is 0 Å². The van der Waals surface area contributed by atoms with Crippen molar-refractivity contribution in [3.8, 4) is 10.4 Å². The number of rotatable bonds is 7. The second-order valence-electron chi connectivity index (χ2n) is 5.90. The highest BCUT2D eigenvalue weighted by molar-refractivity contribution is 7.18. The largest absolute Gasteiger partial charge is 0.335 e. The summed E-state index contributed by atoms with van der Waals surface area (Å²) in [6.07, 6.45) is 8.49. The minimum absolute atomic E-state index is 0.239. The first-order chi connectivity index (χ1) is 12.6. The van der Waals surface area contributed by atoms with Crippen molar-refractivity contribution >= 4 is 28.6 Å². The van der Waals surface area contributed by atoms with E-state index in [9.17, 15) is 4.39 Å². The van der Waals surface area contributed by atoms with Crippen molar-refractivity contribution in [2.45, 2.75) is 26.8 Å². The van der Waals surface area contributed by atoms with Crippen molar-refractivity contribution in [2.75, 3.05) is 5.32 Å². The standard InChI is InChI=1S/C20H21FN4S/c1-4-10-25-13-23-17(5-2)18(25)11-14(3)24-20-22-12-19(26-20)15-6-8-16(21)9-7-15/h5-9,11-13H,2,4,10H2,1,3H3,(H,22,24)/b14-11+. The van der Waals surface area contributed by atoms with Gasteiger partial charge in [0.1, 0.15) is 5.82 Å². The molecule has 0 aliphatic rings. The number of hydrogen-bond donors (Lipinski definition) is 1. The fourth-order valence-corrected chi connectivity index (χ4v) is 3.52. The van der Waals surface area contributed by atoms with E-state index >= 15 is 0 Å². The van der Waals surface area contributed by atoms with Gasteiger partial charge in [-0.2, -0.15) is 0 Å². The Morgan fingerprint density at radius 1 is 1.31 bits per heavy atom. The molecule has 4 nitrogen and oxygen atoms in total. The van der Waals surface area contributed by atoms with E-state index in [-0.39, 0.29) is 5.82 Å². The summed E-state index contributed by atoms with van der Waals surface area (Å²) >= 11 is 1.53. The molecule has 3 aromatic rings. The third kappa shape index (κ3) is 4.08. The Hall–Kier alpha value is -2.73. The first-order valence-corrected chi connectivity index (χ1v) is 9.27. The molecule has 3 rings (SSSR count). The molecular formula is C20H21FN4S. The van der Waals surface area contributed by atoms with Gasteiger partial charge in [0.05, 0.1) is 22.6 Å². The van der Waals surface area contributed by atoms with Crippen LogP contribution in [0.4, 0.5) is 9.52 Å². The summed E-state index contributed by atoms with van der Waals surface area (Å²) in [5.74, 6) is -0.239. The maximum Gasteiger partial charge on any atom is 0.187 e. The van der Waals surface area contributed by atoms with Crippen molar-refractivity contribution in [3.05, 3.63) is 66.3 Å². The van der Waals surface area contributed by atoms with Crippen LogP contribution >= 0.6 is 11.3 Å². The summed E-state index contributed by atoms with van der Waals surface area (Å²) in [4.78, 5) is 9.80. The summed E-state index contributed by atoms with van der Waals surface area (Å²) in [6, 6.07) is 6.43. The average Bonchev–Trinajstić information content (AvgIpc) is 3.23. The van der Waals surface area contributed by atoms with E-state index in [0.717, 1.165) is 45.6 Å². The van der Waals surface area contributed by atoms with Gasteiger partial charge in [-0.3, -0.25) is 0 Å². The zero-order valence-electron chi connectivity index (χ0n) is 14.9. The molecule has 0 saturated heterocycles. The molecule has 0 saturated carbocycles. The van der Waals surface area contributed by atoms with Crippen LogP contribution in [0.3, 0.4) is 0 Å². The Labute approximate surface area is 156 Å². The van der Waals surface area contributed by atoms with Gasteiger partial charge >= 0.3 is 0 Å². The van der Waals surface area contributed by atoms with Gasteiger partial charge in [0.15, 0.2) is 5.13 Å². The molecule has 6 heteroatoms. The normalized spacial score (nSPS) is 11.6. The second-order valence-corrected chi connectivity index (χ2v) is 6.93. The first-order valence-electron chi connectivity index (χ1n) is 8.45. The van der Waals surface area contributed by atoms with Gasteiger partial charge in [-0.25, -0.2) is 14.4 Å². The molecule has 0 fully saturated rings. The minimum Gasteiger partial charge on any atom is -0.335 e. The van der Waals surface area contributed by atoms with Gasteiger partial charge in [-0.05, 0) is 43.2 Å². The van der Waals surface area contributed by atoms with Gasteiger partial charge < -0.3 is 9.88 Å². The number of aryl methyl sites for hydroxylation is 1. The van der Waals surface area contributed by atoms with Crippen LogP contribution < -0.4 is 5.32 Å². The number of thiazole rings is 1. The number of imidazole rings is 1. The van der Waals surface area contributed by atoms with Gasteiger partial charge in [-0.15, -0.1) is 0 Å². The predicted octanol–water partition coefficient (Wildman–Crippen LogP) is 5.67.